The fraction of sp³-hybridized carbons (Fsp3) is 0.143. The van der Waals surface area contributed by atoms with Crippen LogP contribution in [0.3, 0.4) is 0 Å². The fourth-order valence-corrected chi connectivity index (χ4v) is 2.09. The van der Waals surface area contributed by atoms with E-state index in [-0.39, 0.29) is 0 Å². The number of rotatable bonds is 1. The van der Waals surface area contributed by atoms with Gasteiger partial charge in [0.05, 0.1) is 9.47 Å². The Balaban J connectivity index is 0.000000188. The van der Waals surface area contributed by atoms with E-state index >= 15 is 0 Å². The van der Waals surface area contributed by atoms with E-state index in [1.54, 1.807) is 24.3 Å². The molecule has 3 rings (SSSR count). The molecular formula is C21H25O3P. The third-order valence-corrected chi connectivity index (χ3v) is 3.40. The van der Waals surface area contributed by atoms with Crippen molar-refractivity contribution in [2.45, 2.75) is 20.8 Å². The zero-order valence-corrected chi connectivity index (χ0v) is 16.0. The van der Waals surface area contributed by atoms with Crippen LogP contribution in [0.1, 0.15) is 16.7 Å². The van der Waals surface area contributed by atoms with Crippen LogP contribution in [0.4, 0.5) is 0 Å². The summed E-state index contributed by atoms with van der Waals surface area (Å²) in [5, 5.41) is 17.6. The highest BCUT2D eigenvalue weighted by Gasteiger charge is 1.87. The summed E-state index contributed by atoms with van der Waals surface area (Å²) in [6.45, 7) is 5.92. The van der Waals surface area contributed by atoms with Gasteiger partial charge in [0.1, 0.15) is 17.2 Å². The van der Waals surface area contributed by atoms with Gasteiger partial charge in [-0.3, -0.25) is 0 Å². The zero-order chi connectivity index (χ0) is 18.7. The first kappa shape index (κ1) is 20.5. The molecule has 1 unspecified atom stereocenters. The summed E-state index contributed by atoms with van der Waals surface area (Å²) in [7, 11) is 2.22. The van der Waals surface area contributed by atoms with Gasteiger partial charge in [0.15, 0.2) is 0 Å². The number of aromatic hydroxyl groups is 2. The minimum Gasteiger partial charge on any atom is -0.508 e. The van der Waals surface area contributed by atoms with Gasteiger partial charge in [0.2, 0.25) is 0 Å². The van der Waals surface area contributed by atoms with Crippen LogP contribution in [0.2, 0.25) is 0 Å². The maximum Gasteiger partial charge on any atom is 0.122 e. The van der Waals surface area contributed by atoms with E-state index in [9.17, 15) is 0 Å². The van der Waals surface area contributed by atoms with Gasteiger partial charge >= 0.3 is 0 Å². The maximum absolute atomic E-state index is 8.81. The van der Waals surface area contributed by atoms with Crippen LogP contribution in [0.15, 0.2) is 72.8 Å². The molecule has 0 heterocycles. The molecule has 0 amide bonds. The molecule has 2 N–H and O–H groups in total. The van der Waals surface area contributed by atoms with Gasteiger partial charge in [-0.25, -0.2) is 0 Å². The Bertz CT molecular complexity index is 694. The van der Waals surface area contributed by atoms with Crippen molar-refractivity contribution in [3.63, 3.8) is 0 Å². The van der Waals surface area contributed by atoms with E-state index < -0.39 is 0 Å². The lowest BCUT2D eigenvalue weighted by Gasteiger charge is -1.97. The summed E-state index contributed by atoms with van der Waals surface area (Å²) in [5.74, 6) is 1.56. The quantitative estimate of drug-likeness (QED) is 0.561. The summed E-state index contributed by atoms with van der Waals surface area (Å²) < 4.78 is 4.91. The third-order valence-electron chi connectivity index (χ3n) is 3.13. The molecular weight excluding hydrogens is 331 g/mol. The van der Waals surface area contributed by atoms with Crippen LogP contribution in [0.25, 0.3) is 0 Å². The minimum atomic E-state index is 0.338. The number of hydrogen-bond donors (Lipinski definition) is 2. The van der Waals surface area contributed by atoms with Crippen molar-refractivity contribution in [1.29, 1.82) is 0 Å². The molecule has 132 valence electrons. The van der Waals surface area contributed by atoms with Crippen molar-refractivity contribution in [3.05, 3.63) is 89.5 Å². The SMILES string of the molecule is Cc1cccc(O)c1.Cc1cccc(O)c1.Cc1cccc(OP)c1. The Morgan fingerprint density at radius 1 is 0.640 bits per heavy atom. The van der Waals surface area contributed by atoms with Gasteiger partial charge in [-0.05, 0) is 73.9 Å². The summed E-state index contributed by atoms with van der Waals surface area (Å²) in [4.78, 5) is 0. The lowest BCUT2D eigenvalue weighted by atomic mass is 10.2. The smallest absolute Gasteiger partial charge is 0.122 e. The molecule has 0 aliphatic carbocycles. The normalized spacial score (nSPS) is 9.12. The minimum absolute atomic E-state index is 0.338. The molecule has 0 bridgehead atoms. The number of aryl methyl sites for hydroxylation is 3. The first-order valence-electron chi connectivity index (χ1n) is 7.85. The van der Waals surface area contributed by atoms with Crippen molar-refractivity contribution in [1.82, 2.24) is 0 Å². The van der Waals surface area contributed by atoms with Gasteiger partial charge in [0, 0.05) is 0 Å². The monoisotopic (exact) mass is 356 g/mol. The first-order valence-corrected chi connectivity index (χ1v) is 8.32. The number of hydrogen-bond acceptors (Lipinski definition) is 3. The highest BCUT2D eigenvalue weighted by molar-refractivity contribution is 7.10. The fourth-order valence-electron chi connectivity index (χ4n) is 1.94. The molecule has 0 saturated carbocycles. The highest BCUT2D eigenvalue weighted by Crippen LogP contribution is 2.13. The molecule has 4 heteroatoms. The Morgan fingerprint density at radius 2 is 1.04 bits per heavy atom. The second-order valence-corrected chi connectivity index (χ2v) is 5.85. The molecule has 0 radical (unpaired) electrons. The lowest BCUT2D eigenvalue weighted by molar-refractivity contribution is 0.474. The molecule has 0 aromatic heterocycles. The van der Waals surface area contributed by atoms with E-state index in [4.69, 9.17) is 14.7 Å². The third kappa shape index (κ3) is 9.39. The molecule has 3 aromatic carbocycles. The summed E-state index contributed by atoms with van der Waals surface area (Å²) >= 11 is 0. The Kier molecular flexibility index (Phi) is 9.13. The van der Waals surface area contributed by atoms with Crippen LogP contribution in [0.5, 0.6) is 17.2 Å². The summed E-state index contributed by atoms with van der Waals surface area (Å²) in [5.41, 5.74) is 3.39. The van der Waals surface area contributed by atoms with Crippen LogP contribution in [-0.4, -0.2) is 10.2 Å². The summed E-state index contributed by atoms with van der Waals surface area (Å²) in [6, 6.07) is 22.2. The molecule has 0 aliphatic heterocycles. The van der Waals surface area contributed by atoms with Crippen molar-refractivity contribution < 1.29 is 14.7 Å². The van der Waals surface area contributed by atoms with Crippen LogP contribution in [0, 0.1) is 20.8 Å². The van der Waals surface area contributed by atoms with Crippen LogP contribution in [-0.2, 0) is 0 Å². The van der Waals surface area contributed by atoms with E-state index in [0.717, 1.165) is 16.9 Å². The number of phenols is 2. The molecule has 0 aliphatic rings. The van der Waals surface area contributed by atoms with Crippen LogP contribution < -0.4 is 4.52 Å². The molecule has 0 saturated heterocycles. The molecule has 1 atom stereocenters. The topological polar surface area (TPSA) is 49.7 Å². The van der Waals surface area contributed by atoms with Crippen molar-refractivity contribution in [2.75, 3.05) is 0 Å². The standard InChI is InChI=1S/C7H9OP.2C7H8O/c1-6-3-2-4-7(5-6)8-9;2*1-6-3-2-4-7(8)5-6/h2-5H,9H2,1H3;2*2-5,8H,1H3. The zero-order valence-electron chi connectivity index (χ0n) is 14.8. The second-order valence-electron chi connectivity index (χ2n) is 5.61. The molecule has 3 aromatic rings. The van der Waals surface area contributed by atoms with Crippen molar-refractivity contribution in [3.8, 4) is 17.2 Å². The number of benzene rings is 3. The average molecular weight is 356 g/mol. The van der Waals surface area contributed by atoms with Gasteiger partial charge in [-0.2, -0.15) is 0 Å². The van der Waals surface area contributed by atoms with Gasteiger partial charge in [0.25, 0.3) is 0 Å². The van der Waals surface area contributed by atoms with Gasteiger partial charge in [-0.15, -0.1) is 0 Å². The second kappa shape index (κ2) is 11.1. The molecule has 3 nitrogen and oxygen atoms in total. The maximum atomic E-state index is 8.81. The lowest BCUT2D eigenvalue weighted by Crippen LogP contribution is -1.74. The van der Waals surface area contributed by atoms with E-state index in [1.807, 2.05) is 69.3 Å². The van der Waals surface area contributed by atoms with Crippen molar-refractivity contribution >= 4 is 9.47 Å². The van der Waals surface area contributed by atoms with E-state index in [0.29, 0.717) is 11.5 Å². The Morgan fingerprint density at radius 3 is 1.28 bits per heavy atom. The molecule has 0 spiro atoms. The van der Waals surface area contributed by atoms with E-state index in [1.165, 1.54) is 5.56 Å². The highest BCUT2D eigenvalue weighted by atomic mass is 31.0. The number of phenolic OH excluding ortho intramolecular Hbond substituents is 2. The van der Waals surface area contributed by atoms with Crippen molar-refractivity contribution in [2.24, 2.45) is 0 Å². The van der Waals surface area contributed by atoms with Gasteiger partial charge in [-0.1, -0.05) is 36.4 Å². The largest absolute Gasteiger partial charge is 0.508 e. The summed E-state index contributed by atoms with van der Waals surface area (Å²) in [6.07, 6.45) is 0. The predicted molar refractivity (Wildman–Crippen MR) is 107 cm³/mol. The van der Waals surface area contributed by atoms with E-state index in [2.05, 4.69) is 9.47 Å². The Hall–Kier alpha value is -2.51. The molecule has 25 heavy (non-hydrogen) atoms. The Labute approximate surface area is 152 Å². The molecule has 0 fully saturated rings. The average Bonchev–Trinajstić information content (AvgIpc) is 2.55. The first-order chi connectivity index (χ1) is 11.9. The predicted octanol–water partition coefficient (Wildman–Crippen LogP) is 5.57. The van der Waals surface area contributed by atoms with Crippen LogP contribution >= 0.6 is 9.47 Å². The van der Waals surface area contributed by atoms with Gasteiger partial charge < -0.3 is 14.7 Å².